The van der Waals surface area contributed by atoms with Gasteiger partial charge in [-0.25, -0.2) is 4.79 Å². The van der Waals surface area contributed by atoms with Crippen molar-refractivity contribution in [1.82, 2.24) is 4.98 Å². The molecule has 1 heterocycles. The predicted octanol–water partition coefficient (Wildman–Crippen LogP) is 3.38. The lowest BCUT2D eigenvalue weighted by Gasteiger charge is -2.21. The van der Waals surface area contributed by atoms with Gasteiger partial charge in [-0.15, -0.1) is 0 Å². The molecule has 0 radical (unpaired) electrons. The van der Waals surface area contributed by atoms with Gasteiger partial charge in [-0.3, -0.25) is 10.1 Å². The van der Waals surface area contributed by atoms with Crippen LogP contribution in [-0.4, -0.2) is 23.8 Å². The summed E-state index contributed by atoms with van der Waals surface area (Å²) in [5, 5.41) is 21.7. The van der Waals surface area contributed by atoms with Crippen molar-refractivity contribution in [3.63, 3.8) is 0 Å². The fourth-order valence-electron chi connectivity index (χ4n) is 2.55. The van der Waals surface area contributed by atoms with Crippen LogP contribution in [-0.2, 0) is 4.74 Å². The minimum Gasteiger partial charge on any atom is -0.495 e. The second kappa shape index (κ2) is 8.13. The third-order valence-corrected chi connectivity index (χ3v) is 3.96. The summed E-state index contributed by atoms with van der Waals surface area (Å²) in [6.07, 6.45) is -0.794. The Balaban J connectivity index is 2.82. The molecule has 0 aliphatic rings. The van der Waals surface area contributed by atoms with Crippen LogP contribution in [0.3, 0.4) is 0 Å². The number of aromatic amines is 1. The zero-order chi connectivity index (χ0) is 21.9. The molecule has 2 aromatic rings. The highest BCUT2D eigenvalue weighted by atomic mass is 35.5. The van der Waals surface area contributed by atoms with E-state index in [-0.39, 0.29) is 44.5 Å². The van der Waals surface area contributed by atoms with Crippen molar-refractivity contribution in [2.75, 3.05) is 18.2 Å². The Labute approximate surface area is 171 Å². The lowest BCUT2D eigenvalue weighted by Crippen LogP contribution is -2.27. The predicted molar refractivity (Wildman–Crippen MR) is 108 cm³/mol. The number of hydrogen-bond donors (Lipinski definition) is 3. The number of benzene rings is 1. The van der Waals surface area contributed by atoms with Crippen molar-refractivity contribution >= 4 is 29.2 Å². The van der Waals surface area contributed by atoms with Crippen LogP contribution in [0.5, 0.6) is 5.75 Å². The molecule has 1 aromatic heterocycles. The smallest absolute Gasteiger partial charge is 0.412 e. The number of nitrogen functional groups attached to an aromatic ring is 1. The van der Waals surface area contributed by atoms with Gasteiger partial charge in [0.25, 0.3) is 5.56 Å². The average molecular weight is 416 g/mol. The maximum absolute atomic E-state index is 12.3. The van der Waals surface area contributed by atoms with Gasteiger partial charge in [-0.05, 0) is 26.8 Å². The molecule has 0 fully saturated rings. The van der Waals surface area contributed by atoms with Crippen molar-refractivity contribution in [3.05, 3.63) is 38.6 Å². The highest BCUT2D eigenvalue weighted by Crippen LogP contribution is 2.40. The number of methoxy groups -OCH3 is 1. The highest BCUT2D eigenvalue weighted by Gasteiger charge is 2.24. The first-order valence-corrected chi connectivity index (χ1v) is 8.64. The number of halogens is 1. The van der Waals surface area contributed by atoms with E-state index < -0.39 is 17.3 Å². The second-order valence-corrected chi connectivity index (χ2v) is 7.28. The van der Waals surface area contributed by atoms with Crippen LogP contribution in [0.2, 0.25) is 5.02 Å². The number of ether oxygens (including phenoxy) is 2. The van der Waals surface area contributed by atoms with Crippen LogP contribution >= 0.6 is 11.6 Å². The molecular formula is C19H18ClN5O4. The molecule has 29 heavy (non-hydrogen) atoms. The fraction of sp³-hybridized carbons (Fsp3) is 0.263. The Morgan fingerprint density at radius 2 is 1.86 bits per heavy atom. The molecule has 1 amide bonds. The number of pyridine rings is 1. The van der Waals surface area contributed by atoms with E-state index in [0.29, 0.717) is 0 Å². The Kier molecular flexibility index (Phi) is 6.06. The van der Waals surface area contributed by atoms with Gasteiger partial charge in [0, 0.05) is 17.2 Å². The minimum absolute atomic E-state index is 0.0631. The van der Waals surface area contributed by atoms with Crippen LogP contribution < -0.4 is 21.3 Å². The first-order chi connectivity index (χ1) is 13.5. The minimum atomic E-state index is -0.794. The molecule has 10 heteroatoms. The van der Waals surface area contributed by atoms with E-state index >= 15 is 0 Å². The molecule has 0 unspecified atom stereocenters. The number of amides is 1. The van der Waals surface area contributed by atoms with E-state index in [1.54, 1.807) is 26.8 Å². The lowest BCUT2D eigenvalue weighted by molar-refractivity contribution is 0.0636. The molecule has 0 spiro atoms. The van der Waals surface area contributed by atoms with Gasteiger partial charge in [0.2, 0.25) is 0 Å². The highest BCUT2D eigenvalue weighted by molar-refractivity contribution is 6.32. The van der Waals surface area contributed by atoms with Crippen molar-refractivity contribution < 1.29 is 14.3 Å². The number of nitrogens with zero attached hydrogens (tertiary/aromatic N) is 2. The number of rotatable bonds is 3. The number of carbonyl (C=O) groups excluding carboxylic acids is 1. The van der Waals surface area contributed by atoms with Gasteiger partial charge in [0.05, 0.1) is 17.8 Å². The number of H-pyrrole nitrogens is 1. The summed E-state index contributed by atoms with van der Waals surface area (Å²) >= 11 is 6.21. The van der Waals surface area contributed by atoms with Crippen molar-refractivity contribution in [1.29, 1.82) is 10.5 Å². The normalized spacial score (nSPS) is 10.6. The first kappa shape index (κ1) is 21.6. The zero-order valence-corrected chi connectivity index (χ0v) is 16.9. The maximum atomic E-state index is 12.3. The fourth-order valence-corrected chi connectivity index (χ4v) is 2.79. The summed E-state index contributed by atoms with van der Waals surface area (Å²) in [4.78, 5) is 26.8. The molecule has 1 aromatic carbocycles. The molecule has 0 aliphatic carbocycles. The number of carbonyl (C=O) groups is 1. The molecule has 0 atom stereocenters. The second-order valence-electron chi connectivity index (χ2n) is 6.88. The molecule has 0 bridgehead atoms. The summed E-state index contributed by atoms with van der Waals surface area (Å²) in [7, 11) is 1.38. The summed E-state index contributed by atoms with van der Waals surface area (Å²) in [5.74, 6) is -0.00189. The molecule has 9 nitrogen and oxygen atoms in total. The molecule has 2 rings (SSSR count). The van der Waals surface area contributed by atoms with Crippen molar-refractivity contribution in [3.8, 4) is 29.0 Å². The Hall–Kier alpha value is -3.69. The first-order valence-electron chi connectivity index (χ1n) is 8.26. The SMILES string of the molecule is COc1cc(NC(=O)OC(C)(C)C)c(-c2c(C#N)c(N)[nH]c(=O)c2C#N)cc1Cl. The van der Waals surface area contributed by atoms with E-state index in [1.165, 1.54) is 19.2 Å². The van der Waals surface area contributed by atoms with E-state index in [1.807, 2.05) is 6.07 Å². The van der Waals surface area contributed by atoms with Gasteiger partial charge in [-0.2, -0.15) is 10.5 Å². The van der Waals surface area contributed by atoms with Crippen LogP contribution in [0, 0.1) is 22.7 Å². The van der Waals surface area contributed by atoms with E-state index in [4.69, 9.17) is 26.8 Å². The largest absolute Gasteiger partial charge is 0.495 e. The van der Waals surface area contributed by atoms with E-state index in [9.17, 15) is 20.1 Å². The molecule has 0 saturated heterocycles. The number of nitrogens with one attached hydrogen (secondary N) is 2. The molecule has 150 valence electrons. The molecule has 4 N–H and O–H groups in total. The van der Waals surface area contributed by atoms with Gasteiger partial charge in [0.1, 0.15) is 40.4 Å². The quantitative estimate of drug-likeness (QED) is 0.693. The number of nitrogens with two attached hydrogens (primary N) is 1. The van der Waals surface area contributed by atoms with Gasteiger partial charge in [0.15, 0.2) is 0 Å². The summed E-state index contributed by atoms with van der Waals surface area (Å²) in [6.45, 7) is 5.07. The monoisotopic (exact) mass is 415 g/mol. The van der Waals surface area contributed by atoms with Gasteiger partial charge in [-0.1, -0.05) is 11.6 Å². The number of anilines is 2. The van der Waals surface area contributed by atoms with Crippen LogP contribution in [0.1, 0.15) is 31.9 Å². The van der Waals surface area contributed by atoms with Crippen LogP contribution in [0.4, 0.5) is 16.3 Å². The maximum Gasteiger partial charge on any atom is 0.412 e. The van der Waals surface area contributed by atoms with Crippen molar-refractivity contribution in [2.24, 2.45) is 0 Å². The third-order valence-electron chi connectivity index (χ3n) is 3.67. The van der Waals surface area contributed by atoms with Crippen LogP contribution in [0.15, 0.2) is 16.9 Å². The standard InChI is InChI=1S/C19H18ClN5O4/c1-19(2,3)29-18(27)24-13-6-14(28-4)12(20)5-9(13)15-10(7-21)16(23)25-17(26)11(15)8-22/h5-6H,1-4H3,(H,24,27)(H3,23,25,26). The topological polar surface area (TPSA) is 154 Å². The Morgan fingerprint density at radius 1 is 1.24 bits per heavy atom. The average Bonchev–Trinajstić information content (AvgIpc) is 2.60. The van der Waals surface area contributed by atoms with Gasteiger partial charge >= 0.3 is 6.09 Å². The van der Waals surface area contributed by atoms with E-state index in [2.05, 4.69) is 10.3 Å². The summed E-state index contributed by atoms with van der Waals surface area (Å²) in [6, 6.07) is 6.38. The number of hydrogen-bond acceptors (Lipinski definition) is 7. The van der Waals surface area contributed by atoms with E-state index in [0.717, 1.165) is 0 Å². The third kappa shape index (κ3) is 4.60. The van der Waals surface area contributed by atoms with Crippen molar-refractivity contribution in [2.45, 2.75) is 26.4 Å². The zero-order valence-electron chi connectivity index (χ0n) is 16.1. The van der Waals surface area contributed by atoms with Crippen LogP contribution in [0.25, 0.3) is 11.1 Å². The number of nitriles is 2. The summed E-state index contributed by atoms with van der Waals surface area (Å²) in [5.41, 5.74) is 3.89. The molecule has 0 saturated carbocycles. The van der Waals surface area contributed by atoms with Gasteiger partial charge < -0.3 is 20.2 Å². The number of aromatic nitrogens is 1. The lowest BCUT2D eigenvalue weighted by atomic mass is 9.95. The molecule has 0 aliphatic heterocycles. The Morgan fingerprint density at radius 3 is 2.38 bits per heavy atom. The molecular weight excluding hydrogens is 398 g/mol. The Bertz CT molecular complexity index is 1120. The summed E-state index contributed by atoms with van der Waals surface area (Å²) < 4.78 is 10.4.